The summed E-state index contributed by atoms with van der Waals surface area (Å²) in [6.07, 6.45) is 3.77. The van der Waals surface area contributed by atoms with E-state index in [9.17, 15) is 4.39 Å². The maximum Gasteiger partial charge on any atom is 0.130 e. The number of nitrogens with one attached hydrogen (secondary N) is 1. The van der Waals surface area contributed by atoms with Gasteiger partial charge in [-0.25, -0.2) is 9.37 Å². The van der Waals surface area contributed by atoms with E-state index in [2.05, 4.69) is 28.7 Å². The van der Waals surface area contributed by atoms with Crippen LogP contribution in [0, 0.1) is 12.7 Å². The fourth-order valence-electron chi connectivity index (χ4n) is 2.26. The average Bonchev–Trinajstić information content (AvgIpc) is 2.87. The molecule has 0 saturated carbocycles. The summed E-state index contributed by atoms with van der Waals surface area (Å²) in [5.41, 5.74) is 1.71. The van der Waals surface area contributed by atoms with Crippen LogP contribution in [0.3, 0.4) is 0 Å². The zero-order valence-electron chi connectivity index (χ0n) is 11.7. The molecule has 4 heteroatoms. The Kier molecular flexibility index (Phi) is 4.32. The van der Waals surface area contributed by atoms with E-state index < -0.39 is 0 Å². The van der Waals surface area contributed by atoms with Gasteiger partial charge in [0.15, 0.2) is 0 Å². The molecule has 0 fully saturated rings. The Morgan fingerprint density at radius 2 is 2.16 bits per heavy atom. The number of halogens is 1. The average molecular weight is 261 g/mol. The van der Waals surface area contributed by atoms with E-state index in [1.54, 1.807) is 13.1 Å². The van der Waals surface area contributed by atoms with Crippen LogP contribution in [0.2, 0.25) is 0 Å². The van der Waals surface area contributed by atoms with Crippen molar-refractivity contribution in [2.24, 2.45) is 0 Å². The highest BCUT2D eigenvalue weighted by Crippen LogP contribution is 2.22. The van der Waals surface area contributed by atoms with E-state index in [-0.39, 0.29) is 11.9 Å². The van der Waals surface area contributed by atoms with Gasteiger partial charge in [-0.3, -0.25) is 0 Å². The van der Waals surface area contributed by atoms with Crippen LogP contribution in [0.5, 0.6) is 0 Å². The Bertz CT molecular complexity index is 548. The normalized spacial score (nSPS) is 12.6. The lowest BCUT2D eigenvalue weighted by atomic mass is 10.0. The number of nitrogens with zero attached hydrogens (tertiary/aromatic N) is 2. The molecule has 1 aromatic heterocycles. The number of hydrogen-bond acceptors (Lipinski definition) is 2. The molecule has 0 spiro atoms. The van der Waals surface area contributed by atoms with E-state index in [4.69, 9.17) is 0 Å². The molecule has 2 aromatic rings. The van der Waals surface area contributed by atoms with Gasteiger partial charge >= 0.3 is 0 Å². The first-order valence-corrected chi connectivity index (χ1v) is 6.67. The number of aromatic nitrogens is 2. The molecule has 0 saturated heterocycles. The van der Waals surface area contributed by atoms with Crippen molar-refractivity contribution in [1.82, 2.24) is 14.9 Å². The summed E-state index contributed by atoms with van der Waals surface area (Å²) in [6, 6.07) is 5.23. The van der Waals surface area contributed by atoms with Crippen molar-refractivity contribution in [2.45, 2.75) is 33.4 Å². The van der Waals surface area contributed by atoms with Crippen molar-refractivity contribution >= 4 is 0 Å². The van der Waals surface area contributed by atoms with Gasteiger partial charge in [0.1, 0.15) is 11.6 Å². The van der Waals surface area contributed by atoms with Crippen LogP contribution in [-0.2, 0) is 6.54 Å². The third kappa shape index (κ3) is 2.84. The van der Waals surface area contributed by atoms with Crippen LogP contribution in [-0.4, -0.2) is 16.1 Å². The lowest BCUT2D eigenvalue weighted by Crippen LogP contribution is -2.25. The molecular formula is C15H20FN3. The number of aryl methyl sites for hydroxylation is 2. The summed E-state index contributed by atoms with van der Waals surface area (Å²) in [4.78, 5) is 4.44. The van der Waals surface area contributed by atoms with Crippen molar-refractivity contribution < 1.29 is 4.39 Å². The molecule has 0 aliphatic carbocycles. The molecular weight excluding hydrogens is 241 g/mol. The molecule has 102 valence electrons. The Hall–Kier alpha value is -1.68. The molecule has 2 rings (SSSR count). The largest absolute Gasteiger partial charge is 0.334 e. The SMILES string of the molecule is CCNC(c1ccc(F)c(C)c1)c1nccn1CC. The molecule has 0 bridgehead atoms. The van der Waals surface area contributed by atoms with Gasteiger partial charge in [0.05, 0.1) is 6.04 Å². The standard InChI is InChI=1S/C15H20FN3/c1-4-17-14(15-18-8-9-19(15)5-2)12-6-7-13(16)11(3)10-12/h6-10,14,17H,4-5H2,1-3H3. The van der Waals surface area contributed by atoms with Gasteiger partial charge < -0.3 is 9.88 Å². The second-order valence-electron chi connectivity index (χ2n) is 4.57. The predicted molar refractivity (Wildman–Crippen MR) is 74.6 cm³/mol. The Balaban J connectivity index is 2.42. The van der Waals surface area contributed by atoms with Gasteiger partial charge in [0.2, 0.25) is 0 Å². The monoisotopic (exact) mass is 261 g/mol. The summed E-state index contributed by atoms with van der Waals surface area (Å²) in [7, 11) is 0. The molecule has 0 aliphatic heterocycles. The second kappa shape index (κ2) is 5.97. The van der Waals surface area contributed by atoms with Crippen LogP contribution < -0.4 is 5.32 Å². The molecule has 1 N–H and O–H groups in total. The molecule has 1 atom stereocenters. The zero-order valence-corrected chi connectivity index (χ0v) is 11.7. The molecule has 19 heavy (non-hydrogen) atoms. The van der Waals surface area contributed by atoms with Crippen LogP contribution >= 0.6 is 0 Å². The Labute approximate surface area is 113 Å². The van der Waals surface area contributed by atoms with Gasteiger partial charge in [-0.2, -0.15) is 0 Å². The first-order chi connectivity index (χ1) is 9.17. The van der Waals surface area contributed by atoms with Crippen molar-refractivity contribution in [3.05, 3.63) is 53.4 Å². The van der Waals surface area contributed by atoms with Crippen molar-refractivity contribution in [3.63, 3.8) is 0 Å². The maximum absolute atomic E-state index is 13.4. The third-order valence-corrected chi connectivity index (χ3v) is 3.27. The maximum atomic E-state index is 13.4. The number of imidazole rings is 1. The second-order valence-corrected chi connectivity index (χ2v) is 4.57. The smallest absolute Gasteiger partial charge is 0.130 e. The lowest BCUT2D eigenvalue weighted by Gasteiger charge is -2.19. The highest BCUT2D eigenvalue weighted by Gasteiger charge is 2.18. The van der Waals surface area contributed by atoms with Gasteiger partial charge in [-0.05, 0) is 37.6 Å². The van der Waals surface area contributed by atoms with Crippen LogP contribution in [0.4, 0.5) is 4.39 Å². The summed E-state index contributed by atoms with van der Waals surface area (Å²) in [5.74, 6) is 0.799. The first kappa shape index (κ1) is 13.7. The fraction of sp³-hybridized carbons (Fsp3) is 0.400. The van der Waals surface area contributed by atoms with E-state index >= 15 is 0 Å². The Morgan fingerprint density at radius 3 is 2.79 bits per heavy atom. The molecule has 3 nitrogen and oxygen atoms in total. The third-order valence-electron chi connectivity index (χ3n) is 3.27. The van der Waals surface area contributed by atoms with Gasteiger partial charge in [0.25, 0.3) is 0 Å². The van der Waals surface area contributed by atoms with Crippen molar-refractivity contribution in [3.8, 4) is 0 Å². The van der Waals surface area contributed by atoms with E-state index in [0.717, 1.165) is 24.5 Å². The van der Waals surface area contributed by atoms with Gasteiger partial charge in [-0.15, -0.1) is 0 Å². The lowest BCUT2D eigenvalue weighted by molar-refractivity contribution is 0.555. The minimum Gasteiger partial charge on any atom is -0.334 e. The quantitative estimate of drug-likeness (QED) is 0.896. The minimum atomic E-state index is -0.169. The molecule has 1 unspecified atom stereocenters. The van der Waals surface area contributed by atoms with Crippen molar-refractivity contribution in [1.29, 1.82) is 0 Å². The van der Waals surface area contributed by atoms with Gasteiger partial charge in [-0.1, -0.05) is 19.1 Å². The summed E-state index contributed by atoms with van der Waals surface area (Å²) in [6.45, 7) is 7.63. The highest BCUT2D eigenvalue weighted by molar-refractivity contribution is 5.30. The molecule has 1 aromatic carbocycles. The highest BCUT2D eigenvalue weighted by atomic mass is 19.1. The predicted octanol–water partition coefficient (Wildman–Crippen LogP) is 3.05. The number of benzene rings is 1. The first-order valence-electron chi connectivity index (χ1n) is 6.67. The number of rotatable bonds is 5. The zero-order chi connectivity index (χ0) is 13.8. The molecule has 0 aliphatic rings. The fourth-order valence-corrected chi connectivity index (χ4v) is 2.26. The Morgan fingerprint density at radius 1 is 1.37 bits per heavy atom. The summed E-state index contributed by atoms with van der Waals surface area (Å²) >= 11 is 0. The topological polar surface area (TPSA) is 29.9 Å². The van der Waals surface area contributed by atoms with Crippen LogP contribution in [0.15, 0.2) is 30.6 Å². The summed E-state index contributed by atoms with van der Waals surface area (Å²) < 4.78 is 15.5. The van der Waals surface area contributed by atoms with E-state index in [0.29, 0.717) is 5.56 Å². The molecule has 1 heterocycles. The summed E-state index contributed by atoms with van der Waals surface area (Å²) in [5, 5.41) is 3.42. The minimum absolute atomic E-state index is 0.000694. The van der Waals surface area contributed by atoms with Crippen LogP contribution in [0.1, 0.15) is 36.8 Å². The van der Waals surface area contributed by atoms with Crippen LogP contribution in [0.25, 0.3) is 0 Å². The van der Waals surface area contributed by atoms with Gasteiger partial charge in [0, 0.05) is 18.9 Å². The van der Waals surface area contributed by atoms with Crippen molar-refractivity contribution in [2.75, 3.05) is 6.54 Å². The van der Waals surface area contributed by atoms with E-state index in [1.165, 1.54) is 6.07 Å². The molecule has 0 amide bonds. The van der Waals surface area contributed by atoms with E-state index in [1.807, 2.05) is 18.3 Å². The number of hydrogen-bond donors (Lipinski definition) is 1. The molecule has 0 radical (unpaired) electrons.